The van der Waals surface area contributed by atoms with E-state index in [2.05, 4.69) is 10.2 Å². The monoisotopic (exact) mass is 286 g/mol. The van der Waals surface area contributed by atoms with Gasteiger partial charge in [0.15, 0.2) is 12.1 Å². The van der Waals surface area contributed by atoms with E-state index in [1.807, 2.05) is 13.8 Å². The molecule has 6 nitrogen and oxygen atoms in total. The summed E-state index contributed by atoms with van der Waals surface area (Å²) >= 11 is 0. The average Bonchev–Trinajstić information content (AvgIpc) is 2.32. The number of carbonyl (C=O) groups excluding carboxylic acids is 2. The molecule has 0 N–H and O–H groups in total. The summed E-state index contributed by atoms with van der Waals surface area (Å²) in [6, 6.07) is -1.34. The summed E-state index contributed by atoms with van der Waals surface area (Å²) in [6.45, 7) is 10.7. The van der Waals surface area contributed by atoms with Crippen molar-refractivity contribution in [3.63, 3.8) is 0 Å². The third kappa shape index (κ3) is 7.21. The summed E-state index contributed by atoms with van der Waals surface area (Å²) in [4.78, 5) is 23.5. The Kier molecular flexibility index (Phi) is 8.76. The van der Waals surface area contributed by atoms with Crippen LogP contribution >= 0.6 is 0 Å². The molecule has 0 rings (SSSR count). The summed E-state index contributed by atoms with van der Waals surface area (Å²) in [7, 11) is 0. The number of hydrogen-bond donors (Lipinski definition) is 0. The molecule has 0 fully saturated rings. The van der Waals surface area contributed by atoms with E-state index < -0.39 is 24.0 Å². The Bertz CT molecular complexity index is 308. The lowest BCUT2D eigenvalue weighted by Crippen LogP contribution is -2.26. The molecule has 0 aromatic rings. The standard InChI is InChI=1S/C14H26N2O4/c1-7-11(13(17)19-9(3)4)15-16-12(8-2)14(18)20-10(5)6/h9-12H,7-8H2,1-6H3. The largest absolute Gasteiger partial charge is 0.461 e. The van der Waals surface area contributed by atoms with Crippen molar-refractivity contribution >= 4 is 11.9 Å². The summed E-state index contributed by atoms with van der Waals surface area (Å²) in [5, 5.41) is 7.89. The second-order valence-electron chi connectivity index (χ2n) is 5.05. The first-order chi connectivity index (χ1) is 9.31. The molecular formula is C14H26N2O4. The van der Waals surface area contributed by atoms with Gasteiger partial charge in [0.05, 0.1) is 12.2 Å². The van der Waals surface area contributed by atoms with E-state index in [9.17, 15) is 9.59 Å². The van der Waals surface area contributed by atoms with Crippen LogP contribution in [0.3, 0.4) is 0 Å². The highest BCUT2D eigenvalue weighted by molar-refractivity contribution is 5.77. The lowest BCUT2D eigenvalue weighted by atomic mass is 10.2. The summed E-state index contributed by atoms with van der Waals surface area (Å²) in [5.41, 5.74) is 0. The number of carbonyl (C=O) groups is 2. The molecule has 6 heteroatoms. The molecule has 0 saturated carbocycles. The van der Waals surface area contributed by atoms with Crippen LogP contribution in [0.1, 0.15) is 54.4 Å². The van der Waals surface area contributed by atoms with E-state index in [-0.39, 0.29) is 12.2 Å². The van der Waals surface area contributed by atoms with Gasteiger partial charge in [-0.05, 0) is 40.5 Å². The van der Waals surface area contributed by atoms with Gasteiger partial charge in [0.1, 0.15) is 0 Å². The maximum Gasteiger partial charge on any atom is 0.333 e. The Labute approximate surface area is 120 Å². The molecular weight excluding hydrogens is 260 g/mol. The van der Waals surface area contributed by atoms with Gasteiger partial charge < -0.3 is 9.47 Å². The van der Waals surface area contributed by atoms with Gasteiger partial charge >= 0.3 is 11.9 Å². The van der Waals surface area contributed by atoms with Gasteiger partial charge in [-0.3, -0.25) is 0 Å². The molecule has 0 saturated heterocycles. The van der Waals surface area contributed by atoms with Crippen LogP contribution in [0.25, 0.3) is 0 Å². The Morgan fingerprint density at radius 3 is 1.30 bits per heavy atom. The fourth-order valence-electron chi connectivity index (χ4n) is 1.37. The van der Waals surface area contributed by atoms with Crippen LogP contribution in [0.2, 0.25) is 0 Å². The van der Waals surface area contributed by atoms with E-state index in [4.69, 9.17) is 9.47 Å². The molecule has 2 atom stereocenters. The maximum absolute atomic E-state index is 11.7. The van der Waals surface area contributed by atoms with Gasteiger partial charge in [-0.1, -0.05) is 13.8 Å². The topological polar surface area (TPSA) is 77.3 Å². The molecule has 0 aliphatic heterocycles. The van der Waals surface area contributed by atoms with Crippen LogP contribution in [-0.4, -0.2) is 36.2 Å². The summed E-state index contributed by atoms with van der Waals surface area (Å²) in [5.74, 6) is -0.836. The molecule has 0 aromatic carbocycles. The lowest BCUT2D eigenvalue weighted by molar-refractivity contribution is -0.151. The van der Waals surface area contributed by atoms with Crippen LogP contribution in [-0.2, 0) is 19.1 Å². The molecule has 0 amide bonds. The smallest absolute Gasteiger partial charge is 0.333 e. The zero-order chi connectivity index (χ0) is 15.7. The molecule has 0 bridgehead atoms. The molecule has 0 aromatic heterocycles. The van der Waals surface area contributed by atoms with Crippen LogP contribution in [0.4, 0.5) is 0 Å². The number of esters is 2. The Hall–Kier alpha value is -1.46. The average molecular weight is 286 g/mol. The van der Waals surface area contributed by atoms with E-state index >= 15 is 0 Å². The number of rotatable bonds is 8. The van der Waals surface area contributed by atoms with Crippen molar-refractivity contribution in [2.24, 2.45) is 10.2 Å². The molecule has 0 aliphatic carbocycles. The van der Waals surface area contributed by atoms with Crippen molar-refractivity contribution in [2.75, 3.05) is 0 Å². The number of ether oxygens (including phenoxy) is 2. The van der Waals surface area contributed by atoms with Crippen molar-refractivity contribution < 1.29 is 19.1 Å². The van der Waals surface area contributed by atoms with Gasteiger partial charge in [0.2, 0.25) is 0 Å². The zero-order valence-corrected chi connectivity index (χ0v) is 13.3. The zero-order valence-electron chi connectivity index (χ0n) is 13.3. The molecule has 0 radical (unpaired) electrons. The Morgan fingerprint density at radius 1 is 0.800 bits per heavy atom. The fraction of sp³-hybridized carbons (Fsp3) is 0.857. The molecule has 0 aliphatic rings. The van der Waals surface area contributed by atoms with Crippen LogP contribution < -0.4 is 0 Å². The predicted molar refractivity (Wildman–Crippen MR) is 75.5 cm³/mol. The normalized spacial score (nSPS) is 14.6. The number of nitrogens with zero attached hydrogens (tertiary/aromatic N) is 2. The minimum atomic E-state index is -0.668. The molecule has 0 spiro atoms. The second kappa shape index (κ2) is 9.44. The Balaban J connectivity index is 4.67. The predicted octanol–water partition coefficient (Wildman–Crippen LogP) is 2.90. The fourth-order valence-corrected chi connectivity index (χ4v) is 1.37. The molecule has 2 unspecified atom stereocenters. The van der Waals surface area contributed by atoms with E-state index in [1.54, 1.807) is 27.7 Å². The van der Waals surface area contributed by atoms with Crippen molar-refractivity contribution in [1.29, 1.82) is 0 Å². The first-order valence-electron chi connectivity index (χ1n) is 7.12. The van der Waals surface area contributed by atoms with Gasteiger partial charge in [-0.2, -0.15) is 10.2 Å². The van der Waals surface area contributed by atoms with Gasteiger partial charge in [-0.15, -0.1) is 0 Å². The van der Waals surface area contributed by atoms with Crippen molar-refractivity contribution in [2.45, 2.75) is 78.7 Å². The van der Waals surface area contributed by atoms with Crippen LogP contribution in [0, 0.1) is 0 Å². The van der Waals surface area contributed by atoms with Crippen LogP contribution in [0.15, 0.2) is 10.2 Å². The number of azo groups is 1. The lowest BCUT2D eigenvalue weighted by Gasteiger charge is -2.14. The van der Waals surface area contributed by atoms with Gasteiger partial charge in [-0.25, -0.2) is 9.59 Å². The quantitative estimate of drug-likeness (QED) is 0.507. The molecule has 0 heterocycles. The second-order valence-corrected chi connectivity index (χ2v) is 5.05. The third-order valence-electron chi connectivity index (χ3n) is 2.37. The van der Waals surface area contributed by atoms with Gasteiger partial charge in [0, 0.05) is 0 Å². The highest BCUT2D eigenvalue weighted by Gasteiger charge is 2.22. The number of hydrogen-bond acceptors (Lipinski definition) is 6. The summed E-state index contributed by atoms with van der Waals surface area (Å²) in [6.07, 6.45) is 0.564. The van der Waals surface area contributed by atoms with Gasteiger partial charge in [0.25, 0.3) is 0 Å². The minimum absolute atomic E-state index is 0.195. The highest BCUT2D eigenvalue weighted by Crippen LogP contribution is 2.09. The molecule has 20 heavy (non-hydrogen) atoms. The SMILES string of the molecule is CCC(N=NC(CC)C(=O)OC(C)C)C(=O)OC(C)C. The third-order valence-corrected chi connectivity index (χ3v) is 2.37. The van der Waals surface area contributed by atoms with E-state index in [0.717, 1.165) is 0 Å². The maximum atomic E-state index is 11.7. The van der Waals surface area contributed by atoms with Crippen molar-refractivity contribution in [3.05, 3.63) is 0 Å². The van der Waals surface area contributed by atoms with Crippen LogP contribution in [0.5, 0.6) is 0 Å². The first kappa shape index (κ1) is 18.5. The van der Waals surface area contributed by atoms with Crippen molar-refractivity contribution in [3.8, 4) is 0 Å². The Morgan fingerprint density at radius 2 is 1.10 bits per heavy atom. The molecule has 116 valence electrons. The van der Waals surface area contributed by atoms with Crippen molar-refractivity contribution in [1.82, 2.24) is 0 Å². The minimum Gasteiger partial charge on any atom is -0.461 e. The summed E-state index contributed by atoms with van der Waals surface area (Å²) < 4.78 is 10.2. The van der Waals surface area contributed by atoms with E-state index in [0.29, 0.717) is 12.8 Å². The van der Waals surface area contributed by atoms with E-state index in [1.165, 1.54) is 0 Å². The highest BCUT2D eigenvalue weighted by atomic mass is 16.5. The first-order valence-corrected chi connectivity index (χ1v) is 7.12.